The molecule has 0 spiro atoms. The molecule has 0 aromatic heterocycles. The summed E-state index contributed by atoms with van der Waals surface area (Å²) in [6.45, 7) is 2.90. The molecule has 12 heavy (non-hydrogen) atoms. The van der Waals surface area contributed by atoms with Gasteiger partial charge in [0.2, 0.25) is 5.91 Å². The summed E-state index contributed by atoms with van der Waals surface area (Å²) in [7, 11) is 0. The third kappa shape index (κ3) is 3.13. The van der Waals surface area contributed by atoms with Crippen molar-refractivity contribution in [3.05, 3.63) is 0 Å². The minimum atomic E-state index is 0.259. The maximum atomic E-state index is 11.3. The van der Waals surface area contributed by atoms with Crippen LogP contribution in [0.25, 0.3) is 0 Å². The van der Waals surface area contributed by atoms with Gasteiger partial charge in [-0.3, -0.25) is 4.79 Å². The first-order chi connectivity index (χ1) is 5.70. The van der Waals surface area contributed by atoms with E-state index in [1.54, 1.807) is 0 Å². The molecule has 1 aliphatic carbocycles. The van der Waals surface area contributed by atoms with Crippen LogP contribution in [0.15, 0.2) is 0 Å². The molecule has 3 heteroatoms. The summed E-state index contributed by atoms with van der Waals surface area (Å²) in [6.07, 6.45) is 4.43. The molecule has 0 saturated heterocycles. The molecule has 1 fully saturated rings. The van der Waals surface area contributed by atoms with Gasteiger partial charge in [0.15, 0.2) is 0 Å². The van der Waals surface area contributed by atoms with Gasteiger partial charge in [-0.2, -0.15) is 0 Å². The van der Waals surface area contributed by atoms with Gasteiger partial charge in [0.25, 0.3) is 0 Å². The van der Waals surface area contributed by atoms with E-state index >= 15 is 0 Å². The molecule has 1 amide bonds. The fourth-order valence-corrected chi connectivity index (χ4v) is 1.44. The predicted octanol–water partition coefficient (Wildman–Crippen LogP) is 2.08. The van der Waals surface area contributed by atoms with Crippen LogP contribution in [0.4, 0.5) is 0 Å². The van der Waals surface area contributed by atoms with E-state index in [0.29, 0.717) is 10.7 Å². The van der Waals surface area contributed by atoms with Crippen LogP contribution in [0.2, 0.25) is 0 Å². The lowest BCUT2D eigenvalue weighted by Gasteiger charge is -2.24. The van der Waals surface area contributed by atoms with E-state index in [9.17, 15) is 4.79 Å². The van der Waals surface area contributed by atoms with Gasteiger partial charge in [-0.05, 0) is 19.3 Å². The van der Waals surface area contributed by atoms with Crippen LogP contribution in [0.3, 0.4) is 0 Å². The molecule has 1 atom stereocenters. The molecule has 1 rings (SSSR count). The molecule has 0 radical (unpaired) electrons. The molecule has 1 aliphatic rings. The first-order valence-electron chi connectivity index (χ1n) is 4.62. The molecule has 0 aromatic carbocycles. The second-order valence-corrected chi connectivity index (χ2v) is 5.05. The van der Waals surface area contributed by atoms with E-state index in [0.717, 1.165) is 25.8 Å². The highest BCUT2D eigenvalue weighted by molar-refractivity contribution is 9.09. The normalized spacial score (nSPS) is 19.8. The lowest BCUT2D eigenvalue weighted by atomic mass is 9.85. The number of nitrogens with one attached hydrogen (secondary N) is 1. The number of rotatable bonds is 4. The molecule has 0 aliphatic heterocycles. The van der Waals surface area contributed by atoms with Crippen LogP contribution in [0.1, 0.15) is 32.6 Å². The van der Waals surface area contributed by atoms with Crippen molar-refractivity contribution < 1.29 is 4.79 Å². The highest BCUT2D eigenvalue weighted by Crippen LogP contribution is 2.26. The lowest BCUT2D eigenvalue weighted by Crippen LogP contribution is -2.35. The number of hydrogen-bond acceptors (Lipinski definition) is 1. The number of halogens is 1. The molecular weight excluding hydrogens is 218 g/mol. The Labute approximate surface area is 82.2 Å². The minimum absolute atomic E-state index is 0.259. The number of carbonyl (C=O) groups excluding carboxylic acids is 1. The molecule has 70 valence electrons. The largest absolute Gasteiger partial charge is 0.356 e. The number of hydrogen-bond donors (Lipinski definition) is 1. The topological polar surface area (TPSA) is 29.1 Å². The Hall–Kier alpha value is -0.0500. The maximum Gasteiger partial charge on any atom is 0.223 e. The summed E-state index contributed by atoms with van der Waals surface area (Å²) in [5, 5.41) is 2.95. The van der Waals surface area contributed by atoms with Crippen molar-refractivity contribution in [2.45, 2.75) is 37.4 Å². The summed E-state index contributed by atoms with van der Waals surface area (Å²) in [5.41, 5.74) is 0. The summed E-state index contributed by atoms with van der Waals surface area (Å²) in [5.74, 6) is 0.588. The molecule has 1 saturated carbocycles. The van der Waals surface area contributed by atoms with Gasteiger partial charge >= 0.3 is 0 Å². The van der Waals surface area contributed by atoms with Gasteiger partial charge in [0.05, 0.1) is 0 Å². The zero-order chi connectivity index (χ0) is 8.97. The van der Waals surface area contributed by atoms with Crippen molar-refractivity contribution >= 4 is 21.8 Å². The van der Waals surface area contributed by atoms with Crippen LogP contribution in [0.5, 0.6) is 0 Å². The van der Waals surface area contributed by atoms with Gasteiger partial charge in [-0.25, -0.2) is 0 Å². The van der Waals surface area contributed by atoms with Crippen LogP contribution >= 0.6 is 15.9 Å². The monoisotopic (exact) mass is 233 g/mol. The third-order valence-electron chi connectivity index (χ3n) is 2.32. The summed E-state index contributed by atoms with van der Waals surface area (Å²) < 4.78 is 0. The quantitative estimate of drug-likeness (QED) is 0.741. The Morgan fingerprint density at radius 2 is 2.33 bits per heavy atom. The first-order valence-corrected chi connectivity index (χ1v) is 5.53. The van der Waals surface area contributed by atoms with E-state index in [-0.39, 0.29) is 5.91 Å². The van der Waals surface area contributed by atoms with Gasteiger partial charge in [-0.1, -0.05) is 29.3 Å². The zero-order valence-electron chi connectivity index (χ0n) is 7.48. The summed E-state index contributed by atoms with van der Waals surface area (Å²) >= 11 is 3.44. The number of amides is 1. The van der Waals surface area contributed by atoms with Crippen molar-refractivity contribution in [1.82, 2.24) is 5.32 Å². The minimum Gasteiger partial charge on any atom is -0.356 e. The Bertz CT molecular complexity index is 155. The molecule has 0 heterocycles. The Balaban J connectivity index is 2.02. The van der Waals surface area contributed by atoms with Crippen LogP contribution in [0, 0.1) is 5.92 Å². The number of carbonyl (C=O) groups is 1. The average molecular weight is 234 g/mol. The van der Waals surface area contributed by atoms with Gasteiger partial charge in [0, 0.05) is 17.3 Å². The number of alkyl halides is 1. The Morgan fingerprint density at radius 1 is 1.67 bits per heavy atom. The van der Waals surface area contributed by atoms with Crippen molar-refractivity contribution in [3.63, 3.8) is 0 Å². The third-order valence-corrected chi connectivity index (χ3v) is 2.78. The predicted molar refractivity (Wildman–Crippen MR) is 53.4 cm³/mol. The van der Waals surface area contributed by atoms with Crippen molar-refractivity contribution in [1.29, 1.82) is 0 Å². The fourth-order valence-electron chi connectivity index (χ4n) is 1.21. The Kier molecular flexibility index (Phi) is 4.06. The molecule has 1 N–H and O–H groups in total. The smallest absolute Gasteiger partial charge is 0.223 e. The van der Waals surface area contributed by atoms with E-state index in [1.165, 1.54) is 6.42 Å². The van der Waals surface area contributed by atoms with E-state index in [2.05, 4.69) is 28.2 Å². The molecule has 2 nitrogen and oxygen atoms in total. The van der Waals surface area contributed by atoms with E-state index in [1.807, 2.05) is 0 Å². The summed E-state index contributed by atoms with van der Waals surface area (Å²) in [4.78, 5) is 11.8. The average Bonchev–Trinajstić information content (AvgIpc) is 1.81. The highest BCUT2D eigenvalue weighted by Gasteiger charge is 2.24. The molecule has 0 bridgehead atoms. The highest BCUT2D eigenvalue weighted by atomic mass is 79.9. The van der Waals surface area contributed by atoms with E-state index < -0.39 is 0 Å². The second kappa shape index (κ2) is 4.85. The summed E-state index contributed by atoms with van der Waals surface area (Å²) in [6, 6.07) is 0. The second-order valence-electron chi connectivity index (χ2n) is 3.49. The Morgan fingerprint density at radius 3 is 2.75 bits per heavy atom. The van der Waals surface area contributed by atoms with Crippen molar-refractivity contribution in [2.24, 2.45) is 5.92 Å². The lowest BCUT2D eigenvalue weighted by molar-refractivity contribution is -0.127. The van der Waals surface area contributed by atoms with Gasteiger partial charge < -0.3 is 5.32 Å². The van der Waals surface area contributed by atoms with Crippen LogP contribution < -0.4 is 5.32 Å². The molecular formula is C9H16BrNO. The first kappa shape index (κ1) is 10.0. The van der Waals surface area contributed by atoms with Crippen LogP contribution in [-0.2, 0) is 4.79 Å². The molecule has 1 unspecified atom stereocenters. The van der Waals surface area contributed by atoms with Gasteiger partial charge in [0.1, 0.15) is 0 Å². The maximum absolute atomic E-state index is 11.3. The molecule has 0 aromatic rings. The van der Waals surface area contributed by atoms with Crippen molar-refractivity contribution in [3.8, 4) is 0 Å². The van der Waals surface area contributed by atoms with Crippen molar-refractivity contribution in [2.75, 3.05) is 6.54 Å². The van der Waals surface area contributed by atoms with Crippen LogP contribution in [-0.4, -0.2) is 17.3 Å². The standard InChI is InChI=1S/C9H16BrNO/c1-7(10)5-6-11-9(12)8-3-2-4-8/h7-8H,2-6H2,1H3,(H,11,12). The van der Waals surface area contributed by atoms with E-state index in [4.69, 9.17) is 0 Å². The fraction of sp³-hybridized carbons (Fsp3) is 0.889. The zero-order valence-corrected chi connectivity index (χ0v) is 9.06. The van der Waals surface area contributed by atoms with Gasteiger partial charge in [-0.15, -0.1) is 0 Å². The SMILES string of the molecule is CC(Br)CCNC(=O)C1CCC1.